The second-order valence-electron chi connectivity index (χ2n) is 12.1. The minimum absolute atomic E-state index is 0.0619. The Morgan fingerprint density at radius 3 is 2.53 bits per heavy atom. The summed E-state index contributed by atoms with van der Waals surface area (Å²) in [6.45, 7) is 7.75. The van der Waals surface area contributed by atoms with E-state index >= 15 is 0 Å². The van der Waals surface area contributed by atoms with Gasteiger partial charge in [0.2, 0.25) is 0 Å². The van der Waals surface area contributed by atoms with Crippen LogP contribution in [0.2, 0.25) is 0 Å². The summed E-state index contributed by atoms with van der Waals surface area (Å²) in [5.74, 6) is 0.444. The Bertz CT molecular complexity index is 877. The fourth-order valence-electron chi connectivity index (χ4n) is 7.89. The van der Waals surface area contributed by atoms with Crippen molar-refractivity contribution in [3.63, 3.8) is 0 Å². The number of ketones is 2. The van der Waals surface area contributed by atoms with Crippen LogP contribution in [0.5, 0.6) is 0 Å². The largest absolute Gasteiger partial charge is 0.393 e. The maximum atomic E-state index is 13.4. The van der Waals surface area contributed by atoms with Crippen molar-refractivity contribution < 1.29 is 24.6 Å². The highest BCUT2D eigenvalue weighted by Gasteiger charge is 2.68. The van der Waals surface area contributed by atoms with Crippen LogP contribution in [0, 0.1) is 34.0 Å². The third-order valence-corrected chi connectivity index (χ3v) is 10.7. The molecule has 4 aliphatic rings. The molecule has 4 aliphatic carbocycles. The molecule has 3 fully saturated rings. The van der Waals surface area contributed by atoms with Crippen LogP contribution in [-0.4, -0.2) is 38.6 Å². The lowest BCUT2D eigenvalue weighted by Crippen LogP contribution is -2.61. The number of thiol groups is 1. The zero-order valence-corrected chi connectivity index (χ0v) is 20.7. The van der Waals surface area contributed by atoms with Gasteiger partial charge in [-0.05, 0) is 74.2 Å². The van der Waals surface area contributed by atoms with E-state index in [1.54, 1.807) is 13.8 Å². The van der Waals surface area contributed by atoms with E-state index in [4.69, 9.17) is 0 Å². The molecular weight excluding hydrogens is 424 g/mol. The Labute approximate surface area is 196 Å². The predicted octanol–water partition coefficient (Wildman–Crippen LogP) is 4.05. The molecule has 0 unspecified atom stereocenters. The molecule has 0 radical (unpaired) electrons. The van der Waals surface area contributed by atoms with Gasteiger partial charge in [0.15, 0.2) is 16.7 Å². The lowest BCUT2D eigenvalue weighted by molar-refractivity contribution is -0.180. The highest BCUT2D eigenvalue weighted by atomic mass is 32.1. The summed E-state index contributed by atoms with van der Waals surface area (Å²) < 4.78 is 0. The minimum atomic E-state index is -1.47. The molecule has 5 nitrogen and oxygen atoms in total. The number of Topliss-reactive ketones (excluding diaryl/α,β-unsaturated/α-hetero) is 1. The molecule has 0 spiro atoms. The predicted molar refractivity (Wildman–Crippen MR) is 125 cm³/mol. The Morgan fingerprint density at radius 1 is 1.19 bits per heavy atom. The number of rotatable bonds is 5. The van der Waals surface area contributed by atoms with Crippen LogP contribution >= 0.6 is 12.6 Å². The average Bonchev–Trinajstić information content (AvgIpc) is 2.98. The van der Waals surface area contributed by atoms with E-state index in [1.165, 1.54) is 5.57 Å². The van der Waals surface area contributed by atoms with Gasteiger partial charge in [0.25, 0.3) is 0 Å². The van der Waals surface area contributed by atoms with Crippen molar-refractivity contribution in [1.82, 2.24) is 0 Å². The summed E-state index contributed by atoms with van der Waals surface area (Å²) in [6, 6.07) is 0. The first-order chi connectivity index (χ1) is 14.8. The monoisotopic (exact) mass is 462 g/mol. The standard InChI is InChI=1S/C26H38O5S/c1-23(2,22(30)32)10-9-20(29)26(31)12-8-18-17-6-5-15-13-16(27)7-11-24(15,3)21(17)19(28)14-25(18,26)4/h13,17-19,21,28,31H,5-12,14H2,1-4H3,(H,30,32)/t17-,18-,19-,21+,24-,25-,26-/m0/s1. The van der Waals surface area contributed by atoms with Crippen molar-refractivity contribution in [2.24, 2.45) is 34.0 Å². The number of hydrogen-bond acceptors (Lipinski definition) is 5. The van der Waals surface area contributed by atoms with Gasteiger partial charge in [-0.25, -0.2) is 0 Å². The summed E-state index contributed by atoms with van der Waals surface area (Å²) in [4.78, 5) is 37.2. The maximum absolute atomic E-state index is 13.4. The average molecular weight is 463 g/mol. The molecule has 32 heavy (non-hydrogen) atoms. The number of carbonyl (C=O) groups is 3. The van der Waals surface area contributed by atoms with Gasteiger partial charge in [-0.3, -0.25) is 14.4 Å². The zero-order valence-electron chi connectivity index (χ0n) is 19.8. The first-order valence-electron chi connectivity index (χ1n) is 12.2. The second kappa shape index (κ2) is 7.78. The summed E-state index contributed by atoms with van der Waals surface area (Å²) in [6.07, 6.45) is 6.32. The Hall–Kier alpha value is -0.980. The molecule has 0 aromatic carbocycles. The van der Waals surface area contributed by atoms with Crippen molar-refractivity contribution in [2.45, 2.75) is 97.2 Å². The van der Waals surface area contributed by atoms with Crippen LogP contribution in [0.4, 0.5) is 0 Å². The molecule has 3 saturated carbocycles. The highest BCUT2D eigenvalue weighted by Crippen LogP contribution is 2.67. The molecule has 7 atom stereocenters. The highest BCUT2D eigenvalue weighted by molar-refractivity contribution is 7.96. The first kappa shape index (κ1) is 24.2. The van der Waals surface area contributed by atoms with Gasteiger partial charge in [0.05, 0.1) is 6.10 Å². The number of carbonyl (C=O) groups excluding carboxylic acids is 3. The molecule has 0 heterocycles. The quantitative estimate of drug-likeness (QED) is 0.536. The summed E-state index contributed by atoms with van der Waals surface area (Å²) in [5.41, 5.74) is -1.87. The van der Waals surface area contributed by atoms with Crippen LogP contribution < -0.4 is 0 Å². The maximum Gasteiger partial charge on any atom is 0.191 e. The van der Waals surface area contributed by atoms with E-state index in [0.29, 0.717) is 25.7 Å². The van der Waals surface area contributed by atoms with Crippen molar-refractivity contribution >= 4 is 29.3 Å². The van der Waals surface area contributed by atoms with Gasteiger partial charge in [-0.1, -0.05) is 33.3 Å². The fraction of sp³-hybridized carbons (Fsp3) is 0.808. The van der Waals surface area contributed by atoms with E-state index < -0.39 is 22.5 Å². The van der Waals surface area contributed by atoms with Crippen molar-refractivity contribution in [3.8, 4) is 0 Å². The van der Waals surface area contributed by atoms with E-state index in [2.05, 4.69) is 19.6 Å². The van der Waals surface area contributed by atoms with E-state index in [-0.39, 0.29) is 46.3 Å². The molecule has 6 heteroatoms. The van der Waals surface area contributed by atoms with Gasteiger partial charge in [-0.15, -0.1) is 12.6 Å². The number of allylic oxidation sites excluding steroid dienone is 1. The lowest BCUT2D eigenvalue weighted by Gasteiger charge is -2.60. The fourth-order valence-corrected chi connectivity index (χ4v) is 8.00. The van der Waals surface area contributed by atoms with Crippen LogP contribution in [-0.2, 0) is 14.4 Å². The molecule has 178 valence electrons. The van der Waals surface area contributed by atoms with Gasteiger partial charge < -0.3 is 10.2 Å². The number of hydrogen-bond donors (Lipinski definition) is 3. The Kier molecular flexibility index (Phi) is 5.87. The first-order valence-corrected chi connectivity index (χ1v) is 12.6. The number of aliphatic hydroxyl groups excluding tert-OH is 1. The number of fused-ring (bicyclic) bond motifs is 5. The van der Waals surface area contributed by atoms with Crippen LogP contribution in [0.15, 0.2) is 11.6 Å². The molecular formula is C26H38O5S. The molecule has 2 N–H and O–H groups in total. The Balaban J connectivity index is 1.60. The van der Waals surface area contributed by atoms with Gasteiger partial charge >= 0.3 is 0 Å². The molecule has 0 bridgehead atoms. The van der Waals surface area contributed by atoms with Gasteiger partial charge in [0, 0.05) is 23.7 Å². The van der Waals surface area contributed by atoms with E-state index in [9.17, 15) is 24.6 Å². The van der Waals surface area contributed by atoms with Crippen molar-refractivity contribution in [1.29, 1.82) is 0 Å². The van der Waals surface area contributed by atoms with Crippen LogP contribution in [0.3, 0.4) is 0 Å². The topological polar surface area (TPSA) is 91.7 Å². The second-order valence-corrected chi connectivity index (χ2v) is 12.5. The number of aliphatic hydroxyl groups is 2. The molecule has 4 rings (SSSR count). The van der Waals surface area contributed by atoms with Crippen molar-refractivity contribution in [3.05, 3.63) is 11.6 Å². The molecule has 0 saturated heterocycles. The molecule has 0 amide bonds. The van der Waals surface area contributed by atoms with E-state index in [0.717, 1.165) is 25.7 Å². The van der Waals surface area contributed by atoms with E-state index in [1.807, 2.05) is 13.0 Å². The molecule has 0 aromatic rings. The van der Waals surface area contributed by atoms with Gasteiger partial charge in [-0.2, -0.15) is 0 Å². The SMILES string of the molecule is CC(C)(CCC(=O)[C@@]1(O)CC[C@H]2[C@@H]3CCC4=CC(=O)CC[C@]4(C)[C@H]3[C@@H](O)C[C@@]21C)C(=O)S. The third-order valence-electron chi connectivity index (χ3n) is 10.1. The van der Waals surface area contributed by atoms with Crippen LogP contribution in [0.1, 0.15) is 85.5 Å². The summed E-state index contributed by atoms with van der Waals surface area (Å²) in [5, 5.41) is 23.0. The van der Waals surface area contributed by atoms with Crippen LogP contribution in [0.25, 0.3) is 0 Å². The normalized spacial score (nSPS) is 43.7. The molecule has 0 aromatic heterocycles. The molecule has 0 aliphatic heterocycles. The summed E-state index contributed by atoms with van der Waals surface area (Å²) >= 11 is 3.95. The van der Waals surface area contributed by atoms with Gasteiger partial charge in [0.1, 0.15) is 5.60 Å². The summed E-state index contributed by atoms with van der Waals surface area (Å²) in [7, 11) is 0. The third kappa shape index (κ3) is 3.39. The zero-order chi connectivity index (χ0) is 23.7. The lowest BCUT2D eigenvalue weighted by atomic mass is 9.45. The van der Waals surface area contributed by atoms with Crippen molar-refractivity contribution in [2.75, 3.05) is 0 Å². The minimum Gasteiger partial charge on any atom is -0.393 e. The smallest absolute Gasteiger partial charge is 0.191 e. The Morgan fingerprint density at radius 2 is 1.88 bits per heavy atom.